The number of rotatable bonds is 2. The molecular formula is C16H21N3O3S. The third kappa shape index (κ3) is 3.72. The quantitative estimate of drug-likeness (QED) is 0.831. The van der Waals surface area contributed by atoms with E-state index >= 15 is 0 Å². The molecular weight excluding hydrogens is 314 g/mol. The Morgan fingerprint density at radius 2 is 1.96 bits per heavy atom. The molecule has 2 aliphatic rings. The summed E-state index contributed by atoms with van der Waals surface area (Å²) in [7, 11) is 0. The minimum absolute atomic E-state index is 0.00434. The molecule has 2 fully saturated rings. The highest BCUT2D eigenvalue weighted by Crippen LogP contribution is 2.27. The van der Waals surface area contributed by atoms with Crippen LogP contribution in [-0.2, 0) is 9.59 Å². The molecule has 124 valence electrons. The minimum Gasteiger partial charge on any atom is -0.506 e. The van der Waals surface area contributed by atoms with Gasteiger partial charge in [-0.2, -0.15) is 11.8 Å². The summed E-state index contributed by atoms with van der Waals surface area (Å²) in [6.45, 7) is 2.56. The summed E-state index contributed by atoms with van der Waals surface area (Å²) in [6, 6.07) is 6.84. The molecule has 6 nitrogen and oxygen atoms in total. The fourth-order valence-corrected chi connectivity index (χ4v) is 3.88. The molecule has 2 saturated heterocycles. The number of amides is 2. The van der Waals surface area contributed by atoms with Crippen molar-refractivity contribution < 1.29 is 14.7 Å². The fraction of sp³-hybridized carbons (Fsp3) is 0.500. The average molecular weight is 335 g/mol. The van der Waals surface area contributed by atoms with Crippen LogP contribution < -0.4 is 10.2 Å². The Balaban J connectivity index is 1.59. The van der Waals surface area contributed by atoms with Gasteiger partial charge in [-0.15, -0.1) is 0 Å². The van der Waals surface area contributed by atoms with E-state index in [1.807, 2.05) is 17.0 Å². The molecule has 23 heavy (non-hydrogen) atoms. The van der Waals surface area contributed by atoms with Crippen LogP contribution in [0.4, 0.5) is 5.69 Å². The van der Waals surface area contributed by atoms with Crippen LogP contribution in [-0.4, -0.2) is 65.5 Å². The van der Waals surface area contributed by atoms with Gasteiger partial charge in [0, 0.05) is 44.1 Å². The van der Waals surface area contributed by atoms with Crippen molar-refractivity contribution in [3.8, 4) is 5.75 Å². The first kappa shape index (κ1) is 16.0. The van der Waals surface area contributed by atoms with Gasteiger partial charge in [-0.25, -0.2) is 0 Å². The van der Waals surface area contributed by atoms with Crippen molar-refractivity contribution in [3.05, 3.63) is 24.3 Å². The van der Waals surface area contributed by atoms with Crippen LogP contribution in [0.5, 0.6) is 5.75 Å². The third-order valence-electron chi connectivity index (χ3n) is 4.21. The Morgan fingerprint density at radius 1 is 1.22 bits per heavy atom. The predicted octanol–water partition coefficient (Wildman–Crippen LogP) is 0.662. The molecule has 2 amide bonds. The van der Waals surface area contributed by atoms with E-state index in [1.165, 1.54) is 0 Å². The highest BCUT2D eigenvalue weighted by Gasteiger charge is 2.30. The van der Waals surface area contributed by atoms with Crippen molar-refractivity contribution in [2.75, 3.05) is 42.6 Å². The Labute approximate surface area is 139 Å². The maximum Gasteiger partial charge on any atom is 0.246 e. The number of carbonyl (C=O) groups is 2. The highest BCUT2D eigenvalue weighted by atomic mass is 32.2. The lowest BCUT2D eigenvalue weighted by atomic mass is 10.2. The number of nitrogens with one attached hydrogen (secondary N) is 1. The molecule has 2 aliphatic heterocycles. The Morgan fingerprint density at radius 3 is 2.70 bits per heavy atom. The SMILES string of the molecule is O=C1CCSC[C@@H](C(=O)N2CCN(c3ccccc3O)CC2)N1. The van der Waals surface area contributed by atoms with Crippen molar-refractivity contribution in [2.24, 2.45) is 0 Å². The molecule has 2 N–H and O–H groups in total. The van der Waals surface area contributed by atoms with E-state index in [9.17, 15) is 14.7 Å². The number of thioether (sulfide) groups is 1. The molecule has 0 aliphatic carbocycles. The fourth-order valence-electron chi connectivity index (χ4n) is 2.93. The number of phenols is 1. The number of anilines is 1. The summed E-state index contributed by atoms with van der Waals surface area (Å²) in [4.78, 5) is 28.1. The van der Waals surface area contributed by atoms with Gasteiger partial charge < -0.3 is 20.2 Å². The van der Waals surface area contributed by atoms with Gasteiger partial charge in [0.05, 0.1) is 5.69 Å². The lowest BCUT2D eigenvalue weighted by Gasteiger charge is -2.37. The van der Waals surface area contributed by atoms with Gasteiger partial charge in [0.2, 0.25) is 11.8 Å². The van der Waals surface area contributed by atoms with E-state index in [2.05, 4.69) is 10.2 Å². The summed E-state index contributed by atoms with van der Waals surface area (Å²) < 4.78 is 0. The van der Waals surface area contributed by atoms with E-state index < -0.39 is 6.04 Å². The van der Waals surface area contributed by atoms with Gasteiger partial charge in [-0.1, -0.05) is 12.1 Å². The molecule has 1 atom stereocenters. The molecule has 2 heterocycles. The van der Waals surface area contributed by atoms with Gasteiger partial charge >= 0.3 is 0 Å². The van der Waals surface area contributed by atoms with Crippen LogP contribution in [0.25, 0.3) is 0 Å². The van der Waals surface area contributed by atoms with Crippen molar-refractivity contribution in [1.82, 2.24) is 10.2 Å². The van der Waals surface area contributed by atoms with Crippen molar-refractivity contribution in [2.45, 2.75) is 12.5 Å². The van der Waals surface area contributed by atoms with Crippen LogP contribution in [0.1, 0.15) is 6.42 Å². The lowest BCUT2D eigenvalue weighted by molar-refractivity contribution is -0.135. The summed E-state index contributed by atoms with van der Waals surface area (Å²) >= 11 is 1.64. The second kappa shape index (κ2) is 7.12. The van der Waals surface area contributed by atoms with Crippen LogP contribution in [0, 0.1) is 0 Å². The summed E-state index contributed by atoms with van der Waals surface area (Å²) in [6.07, 6.45) is 0.482. The zero-order valence-electron chi connectivity index (χ0n) is 12.9. The largest absolute Gasteiger partial charge is 0.506 e. The zero-order chi connectivity index (χ0) is 16.2. The molecule has 7 heteroatoms. The standard InChI is InChI=1S/C16H21N3O3S/c20-14-4-2-1-3-13(14)18-6-8-19(9-7-18)16(22)12-11-23-10-5-15(21)17-12/h1-4,12,20H,5-11H2,(H,17,21)/t12-/m0/s1. The molecule has 1 aromatic carbocycles. The van der Waals surface area contributed by atoms with Gasteiger partial charge in [0.1, 0.15) is 11.8 Å². The predicted molar refractivity (Wildman–Crippen MR) is 90.8 cm³/mol. The smallest absolute Gasteiger partial charge is 0.246 e. The number of piperazine rings is 1. The first-order valence-electron chi connectivity index (χ1n) is 7.84. The van der Waals surface area contributed by atoms with Crippen LogP contribution in [0.3, 0.4) is 0 Å². The van der Waals surface area contributed by atoms with Crippen molar-refractivity contribution in [1.29, 1.82) is 0 Å². The molecule has 3 rings (SSSR count). The molecule has 0 radical (unpaired) electrons. The zero-order valence-corrected chi connectivity index (χ0v) is 13.7. The molecule has 0 aromatic heterocycles. The average Bonchev–Trinajstić information content (AvgIpc) is 2.79. The second-order valence-electron chi connectivity index (χ2n) is 5.75. The number of hydrogen-bond donors (Lipinski definition) is 2. The molecule has 0 bridgehead atoms. The number of aromatic hydroxyl groups is 1. The van der Waals surface area contributed by atoms with Gasteiger partial charge in [-0.05, 0) is 12.1 Å². The number of benzene rings is 1. The Hall–Kier alpha value is -1.89. The monoisotopic (exact) mass is 335 g/mol. The maximum absolute atomic E-state index is 12.6. The molecule has 0 saturated carbocycles. The number of nitrogens with zero attached hydrogens (tertiary/aromatic N) is 2. The number of phenolic OH excluding ortho intramolecular Hbond substituents is 1. The van der Waals surface area contributed by atoms with E-state index in [0.717, 1.165) is 11.4 Å². The summed E-state index contributed by atoms with van der Waals surface area (Å²) in [5.74, 6) is 1.64. The Bertz CT molecular complexity index is 588. The maximum atomic E-state index is 12.6. The number of carbonyl (C=O) groups excluding carboxylic acids is 2. The van der Waals surface area contributed by atoms with E-state index in [4.69, 9.17) is 0 Å². The van der Waals surface area contributed by atoms with E-state index in [-0.39, 0.29) is 17.6 Å². The van der Waals surface area contributed by atoms with Gasteiger partial charge in [-0.3, -0.25) is 9.59 Å². The minimum atomic E-state index is -0.410. The van der Waals surface area contributed by atoms with Crippen LogP contribution in [0.15, 0.2) is 24.3 Å². The summed E-state index contributed by atoms with van der Waals surface area (Å²) in [5, 5.41) is 12.8. The summed E-state index contributed by atoms with van der Waals surface area (Å²) in [5.41, 5.74) is 0.804. The third-order valence-corrected chi connectivity index (χ3v) is 5.27. The van der Waals surface area contributed by atoms with Crippen molar-refractivity contribution in [3.63, 3.8) is 0 Å². The van der Waals surface area contributed by atoms with Gasteiger partial charge in [0.25, 0.3) is 0 Å². The molecule has 1 aromatic rings. The normalized spacial score (nSPS) is 22.4. The van der Waals surface area contributed by atoms with Crippen molar-refractivity contribution >= 4 is 29.3 Å². The van der Waals surface area contributed by atoms with Gasteiger partial charge in [0.15, 0.2) is 0 Å². The molecule has 0 unspecified atom stereocenters. The van der Waals surface area contributed by atoms with Crippen LogP contribution >= 0.6 is 11.8 Å². The first-order valence-corrected chi connectivity index (χ1v) is 8.99. The number of para-hydroxylation sites is 2. The Kier molecular flexibility index (Phi) is 4.95. The van der Waals surface area contributed by atoms with Crippen LogP contribution in [0.2, 0.25) is 0 Å². The highest BCUT2D eigenvalue weighted by molar-refractivity contribution is 7.99. The lowest BCUT2D eigenvalue weighted by Crippen LogP contribution is -2.55. The molecule has 0 spiro atoms. The van der Waals surface area contributed by atoms with E-state index in [0.29, 0.717) is 38.4 Å². The second-order valence-corrected chi connectivity index (χ2v) is 6.90. The first-order chi connectivity index (χ1) is 11.1. The van der Waals surface area contributed by atoms with E-state index in [1.54, 1.807) is 23.9 Å². The number of hydrogen-bond acceptors (Lipinski definition) is 5. The topological polar surface area (TPSA) is 72.9 Å².